The Morgan fingerprint density at radius 1 is 1.28 bits per heavy atom. The van der Waals surface area contributed by atoms with Crippen LogP contribution in [0, 0.1) is 10.8 Å². The second-order valence-electron chi connectivity index (χ2n) is 7.21. The molecule has 1 amide bonds. The molecule has 6 heteroatoms. The van der Waals surface area contributed by atoms with Crippen LogP contribution in [0.3, 0.4) is 0 Å². The van der Waals surface area contributed by atoms with Crippen molar-refractivity contribution in [1.82, 2.24) is 15.6 Å². The molecule has 1 saturated heterocycles. The molecular formula is C19H24ClN3OS. The number of aromatic nitrogens is 1. The minimum absolute atomic E-state index is 0. The number of thiazole rings is 1. The fourth-order valence-electron chi connectivity index (χ4n) is 4.07. The highest BCUT2D eigenvalue weighted by Gasteiger charge is 2.67. The molecule has 0 radical (unpaired) electrons. The van der Waals surface area contributed by atoms with Crippen LogP contribution in [0.25, 0.3) is 11.3 Å². The first-order chi connectivity index (χ1) is 11.6. The lowest BCUT2D eigenvalue weighted by Gasteiger charge is -2.27. The maximum atomic E-state index is 12.7. The smallest absolute Gasteiger partial charge is 0.226 e. The maximum absolute atomic E-state index is 12.7. The Labute approximate surface area is 158 Å². The Kier molecular flexibility index (Phi) is 5.19. The summed E-state index contributed by atoms with van der Waals surface area (Å²) in [5, 5.41) is 9.54. The van der Waals surface area contributed by atoms with Crippen LogP contribution >= 0.6 is 23.7 Å². The number of hydrogen-bond donors (Lipinski definition) is 2. The Balaban J connectivity index is 0.00000182. The van der Waals surface area contributed by atoms with Gasteiger partial charge in [-0.1, -0.05) is 37.3 Å². The number of benzene rings is 1. The minimum Gasteiger partial charge on any atom is -0.349 e. The molecule has 4 nitrogen and oxygen atoms in total. The molecule has 25 heavy (non-hydrogen) atoms. The van der Waals surface area contributed by atoms with Crippen LogP contribution in [0.1, 0.15) is 31.2 Å². The summed E-state index contributed by atoms with van der Waals surface area (Å²) in [5.41, 5.74) is 2.15. The summed E-state index contributed by atoms with van der Waals surface area (Å²) in [7, 11) is 0. The molecule has 1 spiro atoms. The first kappa shape index (κ1) is 18.4. The summed E-state index contributed by atoms with van der Waals surface area (Å²) in [4.78, 5) is 17.3. The normalized spacial score (nSPS) is 23.7. The highest BCUT2D eigenvalue weighted by Crippen LogP contribution is 2.68. The summed E-state index contributed by atoms with van der Waals surface area (Å²) in [5.74, 6) is 0.195. The predicted octanol–water partition coefficient (Wildman–Crippen LogP) is 3.63. The predicted molar refractivity (Wildman–Crippen MR) is 104 cm³/mol. The van der Waals surface area contributed by atoms with Gasteiger partial charge >= 0.3 is 0 Å². The van der Waals surface area contributed by atoms with Crippen molar-refractivity contribution in [2.45, 2.75) is 32.7 Å². The molecule has 1 aromatic heterocycles. The molecule has 4 rings (SSSR count). The van der Waals surface area contributed by atoms with Crippen LogP contribution in [-0.2, 0) is 11.3 Å². The van der Waals surface area contributed by atoms with Crippen LogP contribution in [-0.4, -0.2) is 24.0 Å². The van der Waals surface area contributed by atoms with Gasteiger partial charge in [0.25, 0.3) is 0 Å². The average Bonchev–Trinajstić information content (AvgIpc) is 2.99. The third-order valence-electron chi connectivity index (χ3n) is 5.82. The second-order valence-corrected chi connectivity index (χ2v) is 8.16. The number of halogens is 1. The van der Waals surface area contributed by atoms with Gasteiger partial charge in [0.15, 0.2) is 0 Å². The molecule has 2 N–H and O–H groups in total. The fourth-order valence-corrected chi connectivity index (χ4v) is 4.82. The lowest BCUT2D eigenvalue weighted by molar-refractivity contribution is -0.127. The summed E-state index contributed by atoms with van der Waals surface area (Å²) in [6, 6.07) is 10.2. The van der Waals surface area contributed by atoms with Gasteiger partial charge in [0.1, 0.15) is 5.01 Å². The van der Waals surface area contributed by atoms with Crippen LogP contribution in [0.2, 0.25) is 0 Å². The van der Waals surface area contributed by atoms with E-state index in [-0.39, 0.29) is 29.1 Å². The average molecular weight is 378 g/mol. The first-order valence-corrected chi connectivity index (χ1v) is 9.50. The van der Waals surface area contributed by atoms with Crippen LogP contribution in [0.15, 0.2) is 35.7 Å². The SMILES string of the molecule is CC1(C(=O)NCc2nc(-c3ccccc3)cs2)CC12CCNCC2.Cl. The van der Waals surface area contributed by atoms with E-state index in [0.29, 0.717) is 6.54 Å². The third-order valence-corrected chi connectivity index (χ3v) is 6.67. The van der Waals surface area contributed by atoms with E-state index >= 15 is 0 Å². The van der Waals surface area contributed by atoms with Crippen LogP contribution in [0.4, 0.5) is 0 Å². The van der Waals surface area contributed by atoms with Gasteiger partial charge in [-0.2, -0.15) is 0 Å². The molecule has 1 unspecified atom stereocenters. The Bertz CT molecular complexity index is 742. The minimum atomic E-state index is -0.186. The molecule has 0 bridgehead atoms. The zero-order chi connectivity index (χ0) is 16.6. The van der Waals surface area contributed by atoms with Crippen molar-refractivity contribution < 1.29 is 4.79 Å². The van der Waals surface area contributed by atoms with Crippen LogP contribution < -0.4 is 10.6 Å². The molecule has 1 aromatic carbocycles. The van der Waals surface area contributed by atoms with Gasteiger partial charge in [-0.05, 0) is 37.8 Å². The summed E-state index contributed by atoms with van der Waals surface area (Å²) >= 11 is 1.61. The highest BCUT2D eigenvalue weighted by molar-refractivity contribution is 7.09. The van der Waals surface area contributed by atoms with Gasteiger partial charge < -0.3 is 10.6 Å². The van der Waals surface area contributed by atoms with E-state index in [1.54, 1.807) is 11.3 Å². The first-order valence-electron chi connectivity index (χ1n) is 8.62. The van der Waals surface area contributed by atoms with E-state index in [1.165, 1.54) is 0 Å². The van der Waals surface area contributed by atoms with Crippen LogP contribution in [0.5, 0.6) is 0 Å². The van der Waals surface area contributed by atoms with Gasteiger partial charge in [-0.15, -0.1) is 23.7 Å². The van der Waals surface area contributed by atoms with Gasteiger partial charge in [0.05, 0.1) is 17.7 Å². The Hall–Kier alpha value is -1.43. The van der Waals surface area contributed by atoms with E-state index in [1.807, 2.05) is 18.2 Å². The Morgan fingerprint density at radius 3 is 2.72 bits per heavy atom. The molecule has 1 saturated carbocycles. The lowest BCUT2D eigenvalue weighted by atomic mass is 9.85. The van der Waals surface area contributed by atoms with E-state index in [2.05, 4.69) is 40.1 Å². The third kappa shape index (κ3) is 3.33. The van der Waals surface area contributed by atoms with Gasteiger partial charge in [-0.25, -0.2) is 4.98 Å². The van der Waals surface area contributed by atoms with Crippen molar-refractivity contribution in [3.63, 3.8) is 0 Å². The number of rotatable bonds is 4. The zero-order valence-corrected chi connectivity index (χ0v) is 16.0. The number of piperidine rings is 1. The molecule has 1 aliphatic heterocycles. The van der Waals surface area contributed by atoms with Crippen molar-refractivity contribution in [2.75, 3.05) is 13.1 Å². The topological polar surface area (TPSA) is 54.0 Å². The molecule has 1 aliphatic carbocycles. The quantitative estimate of drug-likeness (QED) is 0.855. The molecule has 2 aliphatic rings. The summed E-state index contributed by atoms with van der Waals surface area (Å²) in [6.07, 6.45) is 3.26. The van der Waals surface area contributed by atoms with E-state index < -0.39 is 0 Å². The zero-order valence-electron chi connectivity index (χ0n) is 14.4. The molecule has 2 heterocycles. The van der Waals surface area contributed by atoms with E-state index in [0.717, 1.165) is 48.6 Å². The standard InChI is InChI=1S/C19H23N3OS.ClH/c1-18(13-19(18)7-9-20-10-8-19)17(23)21-11-16-22-15(12-24-16)14-5-3-2-4-6-14;/h2-6,12,20H,7-11,13H2,1H3,(H,21,23);1H. The van der Waals surface area contributed by atoms with Crippen molar-refractivity contribution in [3.05, 3.63) is 40.7 Å². The molecule has 2 aromatic rings. The number of hydrogen-bond acceptors (Lipinski definition) is 4. The number of amides is 1. The number of carbonyl (C=O) groups is 1. The van der Waals surface area contributed by atoms with Gasteiger partial charge in [0, 0.05) is 10.9 Å². The van der Waals surface area contributed by atoms with E-state index in [9.17, 15) is 4.79 Å². The highest BCUT2D eigenvalue weighted by atomic mass is 35.5. The van der Waals surface area contributed by atoms with Crippen molar-refractivity contribution >= 4 is 29.7 Å². The number of nitrogens with one attached hydrogen (secondary N) is 2. The number of nitrogens with zero attached hydrogens (tertiary/aromatic N) is 1. The monoisotopic (exact) mass is 377 g/mol. The Morgan fingerprint density at radius 2 is 2.00 bits per heavy atom. The maximum Gasteiger partial charge on any atom is 0.226 e. The van der Waals surface area contributed by atoms with Gasteiger partial charge in [-0.3, -0.25) is 4.79 Å². The molecule has 2 fully saturated rings. The van der Waals surface area contributed by atoms with E-state index in [4.69, 9.17) is 0 Å². The molecule has 134 valence electrons. The van der Waals surface area contributed by atoms with Crippen molar-refractivity contribution in [2.24, 2.45) is 10.8 Å². The summed E-state index contributed by atoms with van der Waals surface area (Å²) in [6.45, 7) is 4.73. The number of carbonyl (C=O) groups excluding carboxylic acids is 1. The van der Waals surface area contributed by atoms with Crippen molar-refractivity contribution in [1.29, 1.82) is 0 Å². The lowest BCUT2D eigenvalue weighted by Crippen LogP contribution is -2.38. The molecule has 1 atom stereocenters. The molecular weight excluding hydrogens is 354 g/mol. The largest absolute Gasteiger partial charge is 0.349 e. The fraction of sp³-hybridized carbons (Fsp3) is 0.474. The van der Waals surface area contributed by atoms with Crippen molar-refractivity contribution in [3.8, 4) is 11.3 Å². The second kappa shape index (κ2) is 7.06. The summed E-state index contributed by atoms with van der Waals surface area (Å²) < 4.78 is 0. The van der Waals surface area contributed by atoms with Gasteiger partial charge in [0.2, 0.25) is 5.91 Å².